The summed E-state index contributed by atoms with van der Waals surface area (Å²) in [6.45, 7) is 1.62. The average Bonchev–Trinajstić information content (AvgIpc) is 3.28. The van der Waals surface area contributed by atoms with E-state index in [1.54, 1.807) is 49.4 Å². The van der Waals surface area contributed by atoms with Crippen LogP contribution >= 0.6 is 0 Å². The zero-order valence-corrected chi connectivity index (χ0v) is 18.8. The molecule has 0 spiro atoms. The highest BCUT2D eigenvalue weighted by Gasteiger charge is 2.30. The largest absolute Gasteiger partial charge is 0.497 e. The maximum absolute atomic E-state index is 13.4. The molecule has 0 bridgehead atoms. The maximum atomic E-state index is 13.4. The highest BCUT2D eigenvalue weighted by atomic mass is 32.2. The number of anilines is 1. The Morgan fingerprint density at radius 1 is 1.15 bits per heavy atom. The van der Waals surface area contributed by atoms with Gasteiger partial charge in [-0.25, -0.2) is 8.42 Å². The van der Waals surface area contributed by atoms with E-state index in [0.29, 0.717) is 39.5 Å². The van der Waals surface area contributed by atoms with E-state index in [4.69, 9.17) is 4.74 Å². The number of aromatic nitrogens is 1. The number of carbonyl (C=O) groups is 2. The number of aliphatic carboxylic acids is 1. The van der Waals surface area contributed by atoms with Crippen molar-refractivity contribution < 1.29 is 27.9 Å². The van der Waals surface area contributed by atoms with Crippen LogP contribution < -0.4 is 10.1 Å². The Morgan fingerprint density at radius 3 is 2.55 bits per heavy atom. The van der Waals surface area contributed by atoms with E-state index < -0.39 is 15.8 Å². The van der Waals surface area contributed by atoms with Gasteiger partial charge in [-0.3, -0.25) is 9.59 Å². The van der Waals surface area contributed by atoms with Crippen molar-refractivity contribution in [3.63, 3.8) is 0 Å². The SMILES string of the molecule is COc1ccc2c(c1)C(=Cc1[nH]c(C)c(S(=O)(=O)c3ccccc3)c1CCC(=O)O)C(=O)N2. The van der Waals surface area contributed by atoms with Gasteiger partial charge in [0.15, 0.2) is 0 Å². The number of carboxylic acid groups (broad SMARTS) is 1. The fourth-order valence-corrected chi connectivity index (χ4v) is 5.69. The molecule has 0 saturated heterocycles. The molecule has 1 amide bonds. The number of fused-ring (bicyclic) bond motifs is 1. The number of aryl methyl sites for hydroxylation is 1. The Morgan fingerprint density at radius 2 is 1.88 bits per heavy atom. The van der Waals surface area contributed by atoms with Crippen LogP contribution in [-0.4, -0.2) is 37.5 Å². The van der Waals surface area contributed by atoms with Crippen LogP contribution in [0.2, 0.25) is 0 Å². The summed E-state index contributed by atoms with van der Waals surface area (Å²) in [5.74, 6) is -0.830. The number of ether oxygens (including phenoxy) is 1. The van der Waals surface area contributed by atoms with Gasteiger partial charge in [0, 0.05) is 29.1 Å². The van der Waals surface area contributed by atoms with Crippen molar-refractivity contribution >= 4 is 39.1 Å². The third-order valence-electron chi connectivity index (χ3n) is 5.47. The molecule has 4 rings (SSSR count). The second kappa shape index (κ2) is 8.59. The number of carboxylic acids is 1. The van der Waals surface area contributed by atoms with Gasteiger partial charge in [0.2, 0.25) is 9.84 Å². The van der Waals surface area contributed by atoms with Crippen molar-refractivity contribution in [1.29, 1.82) is 0 Å². The summed E-state index contributed by atoms with van der Waals surface area (Å²) in [5, 5.41) is 12.0. The molecule has 3 N–H and O–H groups in total. The lowest BCUT2D eigenvalue weighted by Gasteiger charge is -2.08. The number of methoxy groups -OCH3 is 1. The summed E-state index contributed by atoms with van der Waals surface area (Å²) in [4.78, 5) is 27.2. The van der Waals surface area contributed by atoms with Gasteiger partial charge < -0.3 is 20.1 Å². The van der Waals surface area contributed by atoms with Crippen LogP contribution in [0.1, 0.15) is 28.9 Å². The van der Waals surface area contributed by atoms with E-state index in [2.05, 4.69) is 10.3 Å². The van der Waals surface area contributed by atoms with Crippen molar-refractivity contribution in [2.45, 2.75) is 29.6 Å². The number of sulfone groups is 1. The van der Waals surface area contributed by atoms with Crippen LogP contribution in [0.4, 0.5) is 5.69 Å². The quantitative estimate of drug-likeness (QED) is 0.456. The molecule has 170 valence electrons. The molecule has 0 unspecified atom stereocenters. The van der Waals surface area contributed by atoms with Crippen LogP contribution in [0.25, 0.3) is 11.6 Å². The van der Waals surface area contributed by atoms with Gasteiger partial charge in [-0.2, -0.15) is 0 Å². The molecule has 3 aromatic rings. The van der Waals surface area contributed by atoms with E-state index in [9.17, 15) is 23.1 Å². The van der Waals surface area contributed by atoms with Crippen molar-refractivity contribution in [3.8, 4) is 5.75 Å². The number of carbonyl (C=O) groups excluding carboxylic acids is 1. The fourth-order valence-electron chi connectivity index (χ4n) is 3.95. The minimum atomic E-state index is -3.92. The maximum Gasteiger partial charge on any atom is 0.303 e. The Hall–Kier alpha value is -3.85. The van der Waals surface area contributed by atoms with Crippen LogP contribution in [0.3, 0.4) is 0 Å². The molecule has 8 nitrogen and oxygen atoms in total. The monoisotopic (exact) mass is 466 g/mol. The summed E-state index contributed by atoms with van der Waals surface area (Å²) < 4.78 is 32.1. The number of amides is 1. The van der Waals surface area contributed by atoms with Crippen molar-refractivity contribution in [1.82, 2.24) is 4.98 Å². The molecule has 0 radical (unpaired) electrons. The van der Waals surface area contributed by atoms with Crippen molar-refractivity contribution in [3.05, 3.63) is 71.0 Å². The zero-order valence-electron chi connectivity index (χ0n) is 18.0. The average molecular weight is 467 g/mol. The Labute approximate surface area is 190 Å². The molecule has 1 aromatic heterocycles. The van der Waals surface area contributed by atoms with Gasteiger partial charge in [-0.05, 0) is 55.3 Å². The first-order valence-electron chi connectivity index (χ1n) is 10.2. The van der Waals surface area contributed by atoms with Gasteiger partial charge in [0.05, 0.1) is 22.5 Å². The molecule has 1 aliphatic rings. The molecule has 0 saturated carbocycles. The van der Waals surface area contributed by atoms with Crippen LogP contribution in [-0.2, 0) is 25.8 Å². The van der Waals surface area contributed by atoms with E-state index in [1.165, 1.54) is 19.2 Å². The third kappa shape index (κ3) is 4.14. The van der Waals surface area contributed by atoms with Gasteiger partial charge >= 0.3 is 5.97 Å². The lowest BCUT2D eigenvalue weighted by Crippen LogP contribution is -2.08. The molecular weight excluding hydrogens is 444 g/mol. The minimum Gasteiger partial charge on any atom is -0.497 e. The lowest BCUT2D eigenvalue weighted by atomic mass is 10.0. The molecule has 2 aromatic carbocycles. The first-order valence-corrected chi connectivity index (χ1v) is 11.7. The first-order chi connectivity index (χ1) is 15.7. The molecule has 33 heavy (non-hydrogen) atoms. The smallest absolute Gasteiger partial charge is 0.303 e. The molecule has 2 heterocycles. The van der Waals surface area contributed by atoms with Crippen molar-refractivity contribution in [2.24, 2.45) is 0 Å². The molecule has 0 fully saturated rings. The van der Waals surface area contributed by atoms with E-state index >= 15 is 0 Å². The van der Waals surface area contributed by atoms with Crippen LogP contribution in [0.15, 0.2) is 58.3 Å². The van der Waals surface area contributed by atoms with Gasteiger partial charge in [0.1, 0.15) is 5.75 Å². The molecule has 1 aliphatic heterocycles. The van der Waals surface area contributed by atoms with Crippen LogP contribution in [0.5, 0.6) is 5.75 Å². The van der Waals surface area contributed by atoms with E-state index in [1.807, 2.05) is 0 Å². The summed E-state index contributed by atoms with van der Waals surface area (Å²) in [6.07, 6.45) is 1.28. The summed E-state index contributed by atoms with van der Waals surface area (Å²) >= 11 is 0. The molecule has 0 atom stereocenters. The van der Waals surface area contributed by atoms with E-state index in [-0.39, 0.29) is 28.5 Å². The summed E-state index contributed by atoms with van der Waals surface area (Å²) in [5.41, 5.74) is 2.63. The predicted molar refractivity (Wildman–Crippen MR) is 123 cm³/mol. The number of hydrogen-bond donors (Lipinski definition) is 3. The van der Waals surface area contributed by atoms with Gasteiger partial charge in [-0.15, -0.1) is 0 Å². The molecule has 0 aliphatic carbocycles. The summed E-state index contributed by atoms with van der Waals surface area (Å²) in [7, 11) is -2.40. The molecular formula is C24H22N2O6S. The number of hydrogen-bond acceptors (Lipinski definition) is 5. The second-order valence-corrected chi connectivity index (χ2v) is 9.49. The normalized spacial score (nSPS) is 14.2. The Balaban J connectivity index is 1.90. The zero-order chi connectivity index (χ0) is 23.8. The number of nitrogens with one attached hydrogen (secondary N) is 2. The fraction of sp³-hybridized carbons (Fsp3) is 0.167. The third-order valence-corrected chi connectivity index (χ3v) is 7.45. The highest BCUT2D eigenvalue weighted by molar-refractivity contribution is 7.91. The number of H-pyrrole nitrogens is 1. The van der Waals surface area contributed by atoms with Gasteiger partial charge in [0.25, 0.3) is 5.91 Å². The number of aromatic amines is 1. The number of rotatable bonds is 7. The highest BCUT2D eigenvalue weighted by Crippen LogP contribution is 2.38. The first kappa shape index (κ1) is 22.3. The Kier molecular flexibility index (Phi) is 5.82. The lowest BCUT2D eigenvalue weighted by molar-refractivity contribution is -0.137. The Bertz CT molecular complexity index is 1390. The minimum absolute atomic E-state index is 0.0211. The standard InChI is InChI=1S/C24H22N2O6S/c1-14-23(33(30,31)16-6-4-3-5-7-16)17(9-11-22(27)28)21(25-14)13-19-18-12-15(32-2)8-10-20(18)26-24(19)29/h3-8,10,12-13,25H,9,11H2,1-2H3,(H,26,29)(H,27,28). The predicted octanol–water partition coefficient (Wildman–Crippen LogP) is 3.67. The topological polar surface area (TPSA) is 126 Å². The van der Waals surface area contributed by atoms with Gasteiger partial charge in [-0.1, -0.05) is 18.2 Å². The second-order valence-electron chi connectivity index (χ2n) is 7.61. The van der Waals surface area contributed by atoms with Crippen LogP contribution in [0, 0.1) is 6.92 Å². The summed E-state index contributed by atoms with van der Waals surface area (Å²) in [6, 6.07) is 13.1. The number of benzene rings is 2. The van der Waals surface area contributed by atoms with Crippen molar-refractivity contribution in [2.75, 3.05) is 12.4 Å². The molecule has 9 heteroatoms. The van der Waals surface area contributed by atoms with E-state index in [0.717, 1.165) is 0 Å².